The first kappa shape index (κ1) is 12.6. The summed E-state index contributed by atoms with van der Waals surface area (Å²) in [6.07, 6.45) is 4.44. The zero-order valence-corrected chi connectivity index (χ0v) is 11.1. The molecular formula is C13H18F2OSi. The van der Waals surface area contributed by atoms with Crippen LogP contribution in [-0.2, 0) is 0 Å². The Labute approximate surface area is 102 Å². The van der Waals surface area contributed by atoms with Gasteiger partial charge in [-0.1, -0.05) is 31.4 Å². The molecule has 4 heteroatoms. The van der Waals surface area contributed by atoms with Crippen molar-refractivity contribution in [2.75, 3.05) is 7.11 Å². The molecule has 0 aliphatic heterocycles. The Morgan fingerprint density at radius 3 is 2.18 bits per heavy atom. The Hall–Kier alpha value is -0.903. The van der Waals surface area contributed by atoms with Crippen molar-refractivity contribution in [1.29, 1.82) is 0 Å². The molecule has 0 heterocycles. The monoisotopic (exact) mass is 256 g/mol. The predicted molar refractivity (Wildman–Crippen MR) is 67.4 cm³/mol. The smallest absolute Gasteiger partial charge is 0.458 e. The van der Waals surface area contributed by atoms with Gasteiger partial charge in [-0.15, -0.1) is 0 Å². The second-order valence-electron chi connectivity index (χ2n) is 4.69. The van der Waals surface area contributed by atoms with E-state index in [1.54, 1.807) is 31.4 Å². The maximum absolute atomic E-state index is 14.4. The third kappa shape index (κ3) is 2.68. The highest BCUT2D eigenvalue weighted by molar-refractivity contribution is 6.81. The van der Waals surface area contributed by atoms with Gasteiger partial charge >= 0.3 is 8.74 Å². The van der Waals surface area contributed by atoms with Crippen molar-refractivity contribution in [2.45, 2.75) is 37.6 Å². The van der Waals surface area contributed by atoms with E-state index in [9.17, 15) is 8.22 Å². The van der Waals surface area contributed by atoms with Crippen molar-refractivity contribution in [3.05, 3.63) is 24.3 Å². The fourth-order valence-corrected chi connectivity index (χ4v) is 4.73. The molecule has 0 N–H and O–H groups in total. The molecule has 0 aromatic heterocycles. The average Bonchev–Trinajstić information content (AvgIpc) is 2.40. The lowest BCUT2D eigenvalue weighted by molar-refractivity contribution is 0.414. The topological polar surface area (TPSA) is 9.23 Å². The Kier molecular flexibility index (Phi) is 3.81. The fraction of sp³-hybridized carbons (Fsp3) is 0.538. The van der Waals surface area contributed by atoms with Gasteiger partial charge in [-0.2, -0.15) is 0 Å². The predicted octanol–water partition coefficient (Wildman–Crippen LogP) is 3.62. The largest absolute Gasteiger partial charge is 0.497 e. The van der Waals surface area contributed by atoms with Crippen LogP contribution in [0.15, 0.2) is 24.3 Å². The number of methoxy groups -OCH3 is 1. The van der Waals surface area contributed by atoms with Crippen molar-refractivity contribution < 1.29 is 13.0 Å². The minimum Gasteiger partial charge on any atom is -0.497 e. The molecular weight excluding hydrogens is 238 g/mol. The number of halogens is 2. The number of rotatable bonds is 3. The molecule has 0 radical (unpaired) electrons. The van der Waals surface area contributed by atoms with Crippen LogP contribution in [-0.4, -0.2) is 15.9 Å². The summed E-state index contributed by atoms with van der Waals surface area (Å²) in [5.74, 6) is 0.641. The van der Waals surface area contributed by atoms with Gasteiger partial charge in [0, 0.05) is 10.7 Å². The molecule has 17 heavy (non-hydrogen) atoms. The van der Waals surface area contributed by atoms with Crippen LogP contribution < -0.4 is 9.92 Å². The SMILES string of the molecule is COc1ccc([Si](F)(F)C2CCCCC2)cc1. The van der Waals surface area contributed by atoms with Crippen molar-refractivity contribution in [2.24, 2.45) is 0 Å². The highest BCUT2D eigenvalue weighted by Gasteiger charge is 2.46. The Morgan fingerprint density at radius 2 is 1.65 bits per heavy atom. The van der Waals surface area contributed by atoms with Crippen LogP contribution in [0.1, 0.15) is 32.1 Å². The van der Waals surface area contributed by atoms with Gasteiger partial charge in [0.1, 0.15) is 5.75 Å². The summed E-state index contributed by atoms with van der Waals surface area (Å²) in [4.78, 5) is 0. The minimum atomic E-state index is -4.27. The van der Waals surface area contributed by atoms with E-state index in [2.05, 4.69) is 0 Å². The van der Waals surface area contributed by atoms with E-state index in [1.807, 2.05) is 0 Å². The van der Waals surface area contributed by atoms with Gasteiger partial charge in [0.05, 0.1) is 7.11 Å². The van der Waals surface area contributed by atoms with Crippen molar-refractivity contribution in [3.63, 3.8) is 0 Å². The van der Waals surface area contributed by atoms with Crippen LogP contribution in [0.5, 0.6) is 5.75 Å². The van der Waals surface area contributed by atoms with Gasteiger partial charge in [0.15, 0.2) is 0 Å². The fourth-order valence-electron chi connectivity index (χ4n) is 2.51. The molecule has 1 nitrogen and oxygen atoms in total. The molecule has 0 unspecified atom stereocenters. The standard InChI is InChI=1S/C13H18F2OSi/c1-16-11-7-9-13(10-8-11)17(14,15)12-5-3-2-4-6-12/h7-10,12H,2-6H2,1H3. The quantitative estimate of drug-likeness (QED) is 0.593. The highest BCUT2D eigenvalue weighted by Crippen LogP contribution is 2.38. The summed E-state index contributed by atoms with van der Waals surface area (Å²) >= 11 is 0. The molecule has 0 bridgehead atoms. The molecule has 0 atom stereocenters. The van der Waals surface area contributed by atoms with Gasteiger partial charge < -0.3 is 4.74 Å². The van der Waals surface area contributed by atoms with Gasteiger partial charge in [0.2, 0.25) is 0 Å². The zero-order chi connectivity index (χ0) is 12.3. The lowest BCUT2D eigenvalue weighted by Crippen LogP contribution is -2.44. The third-order valence-corrected chi connectivity index (χ3v) is 6.30. The second-order valence-corrected chi connectivity index (χ2v) is 7.33. The van der Waals surface area contributed by atoms with Crippen molar-refractivity contribution in [3.8, 4) is 5.75 Å². The van der Waals surface area contributed by atoms with E-state index < -0.39 is 8.74 Å². The van der Waals surface area contributed by atoms with Crippen LogP contribution >= 0.6 is 0 Å². The molecule has 1 aromatic rings. The summed E-state index contributed by atoms with van der Waals surface area (Å²) in [6, 6.07) is 6.36. The normalized spacial score (nSPS) is 18.1. The summed E-state index contributed by atoms with van der Waals surface area (Å²) in [5.41, 5.74) is -0.357. The Balaban J connectivity index is 2.17. The van der Waals surface area contributed by atoms with Crippen LogP contribution in [0, 0.1) is 0 Å². The van der Waals surface area contributed by atoms with E-state index >= 15 is 0 Å². The lowest BCUT2D eigenvalue weighted by Gasteiger charge is -2.27. The minimum absolute atomic E-state index is 0.255. The first-order chi connectivity index (χ1) is 8.14. The average molecular weight is 256 g/mol. The molecule has 1 saturated carbocycles. The Bertz CT molecular complexity index is 358. The lowest BCUT2D eigenvalue weighted by atomic mass is 10.0. The first-order valence-corrected chi connectivity index (χ1v) is 8.00. The number of ether oxygens (including phenoxy) is 1. The molecule has 1 aliphatic rings. The second kappa shape index (κ2) is 5.17. The number of benzene rings is 1. The molecule has 94 valence electrons. The summed E-state index contributed by atoms with van der Waals surface area (Å²) in [7, 11) is -2.72. The molecule has 1 aliphatic carbocycles. The van der Waals surface area contributed by atoms with Gasteiger partial charge in [-0.25, -0.2) is 0 Å². The van der Waals surface area contributed by atoms with Crippen molar-refractivity contribution in [1.82, 2.24) is 0 Å². The van der Waals surface area contributed by atoms with E-state index in [4.69, 9.17) is 4.74 Å². The van der Waals surface area contributed by atoms with Crippen LogP contribution in [0.4, 0.5) is 8.22 Å². The number of hydrogen-bond acceptors (Lipinski definition) is 1. The van der Waals surface area contributed by atoms with E-state index in [0.29, 0.717) is 18.6 Å². The van der Waals surface area contributed by atoms with Gasteiger partial charge in [-0.3, -0.25) is 8.22 Å². The maximum atomic E-state index is 14.4. The summed E-state index contributed by atoms with van der Waals surface area (Å²) in [6.45, 7) is 0. The molecule has 0 saturated heterocycles. The van der Waals surface area contributed by atoms with Crippen LogP contribution in [0.2, 0.25) is 5.54 Å². The molecule has 2 rings (SSSR count). The molecule has 1 fully saturated rings. The first-order valence-electron chi connectivity index (χ1n) is 6.17. The summed E-state index contributed by atoms with van der Waals surface area (Å²) in [5, 5.41) is 0.255. The van der Waals surface area contributed by atoms with E-state index in [0.717, 1.165) is 19.3 Å². The van der Waals surface area contributed by atoms with Crippen LogP contribution in [0.25, 0.3) is 0 Å². The van der Waals surface area contributed by atoms with Crippen LogP contribution in [0.3, 0.4) is 0 Å². The zero-order valence-electron chi connectivity index (χ0n) is 10.1. The summed E-state index contributed by atoms with van der Waals surface area (Å²) < 4.78 is 33.7. The number of hydrogen-bond donors (Lipinski definition) is 0. The maximum Gasteiger partial charge on any atom is 0.458 e. The van der Waals surface area contributed by atoms with E-state index in [-0.39, 0.29) is 10.7 Å². The van der Waals surface area contributed by atoms with Gasteiger partial charge in [-0.05, 0) is 25.0 Å². The molecule has 0 spiro atoms. The third-order valence-electron chi connectivity index (χ3n) is 3.59. The Morgan fingerprint density at radius 1 is 1.06 bits per heavy atom. The highest BCUT2D eigenvalue weighted by atomic mass is 28.4. The molecule has 0 amide bonds. The molecule has 1 aromatic carbocycles. The van der Waals surface area contributed by atoms with Gasteiger partial charge in [0.25, 0.3) is 0 Å². The van der Waals surface area contributed by atoms with Crippen molar-refractivity contribution >= 4 is 13.9 Å². The van der Waals surface area contributed by atoms with E-state index in [1.165, 1.54) is 0 Å².